The highest BCUT2D eigenvalue weighted by atomic mass is 32.2. The number of nitro benzene ring substituents is 1. The predicted molar refractivity (Wildman–Crippen MR) is 101 cm³/mol. The molecule has 0 fully saturated rings. The Morgan fingerprint density at radius 1 is 1.41 bits per heavy atom. The van der Waals surface area contributed by atoms with E-state index in [1.165, 1.54) is 6.07 Å². The molecular weight excluding hydrogens is 374 g/mol. The van der Waals surface area contributed by atoms with Gasteiger partial charge < -0.3 is 19.7 Å². The van der Waals surface area contributed by atoms with Crippen molar-refractivity contribution in [1.82, 2.24) is 9.88 Å². The molecule has 9 nitrogen and oxygen atoms in total. The first-order chi connectivity index (χ1) is 12.5. The summed E-state index contributed by atoms with van der Waals surface area (Å²) < 4.78 is 6.88. The highest BCUT2D eigenvalue weighted by Crippen LogP contribution is 2.34. The SMILES string of the molecule is Cn1ccc2cc([N+](=O)[O-])c(SC[C@H](NC(=O)OC(C)(C)C)C(=O)O)cc21. The second kappa shape index (κ2) is 7.87. The number of nitrogens with zero attached hydrogens (tertiary/aromatic N) is 2. The van der Waals surface area contributed by atoms with E-state index < -0.39 is 28.6 Å². The van der Waals surface area contributed by atoms with Crippen molar-refractivity contribution in [3.8, 4) is 0 Å². The van der Waals surface area contributed by atoms with Crippen molar-refractivity contribution in [2.45, 2.75) is 37.3 Å². The second-order valence-corrected chi connectivity index (χ2v) is 7.97. The molecule has 146 valence electrons. The van der Waals surface area contributed by atoms with E-state index in [4.69, 9.17) is 4.74 Å². The molecule has 2 rings (SSSR count). The molecule has 2 aromatic rings. The summed E-state index contributed by atoms with van der Waals surface area (Å²) in [5.74, 6) is -1.35. The van der Waals surface area contributed by atoms with Crippen LogP contribution in [0.5, 0.6) is 0 Å². The third-order valence-corrected chi connectivity index (χ3v) is 4.70. The molecule has 0 saturated heterocycles. The van der Waals surface area contributed by atoms with E-state index in [0.29, 0.717) is 4.90 Å². The monoisotopic (exact) mass is 395 g/mol. The molecule has 0 unspecified atom stereocenters. The number of aryl methyl sites for hydroxylation is 1. The molecule has 0 aliphatic rings. The van der Waals surface area contributed by atoms with Gasteiger partial charge in [-0.2, -0.15) is 0 Å². The van der Waals surface area contributed by atoms with Crippen LogP contribution in [0.2, 0.25) is 0 Å². The number of nitrogens with one attached hydrogen (secondary N) is 1. The summed E-state index contributed by atoms with van der Waals surface area (Å²) in [6.45, 7) is 4.99. The smallest absolute Gasteiger partial charge is 0.408 e. The molecule has 0 aliphatic heterocycles. The van der Waals surface area contributed by atoms with Crippen molar-refractivity contribution in [3.05, 3.63) is 34.5 Å². The Kier molecular flexibility index (Phi) is 5.99. The highest BCUT2D eigenvalue weighted by Gasteiger charge is 2.26. The van der Waals surface area contributed by atoms with Crippen molar-refractivity contribution >= 4 is 40.4 Å². The first-order valence-electron chi connectivity index (χ1n) is 8.06. The predicted octanol–water partition coefficient (Wildman–Crippen LogP) is 3.16. The van der Waals surface area contributed by atoms with Crippen LogP contribution in [0.15, 0.2) is 29.3 Å². The number of thioether (sulfide) groups is 1. The zero-order chi connectivity index (χ0) is 20.4. The number of ether oxygens (including phenoxy) is 1. The largest absolute Gasteiger partial charge is 0.480 e. The Hall–Kier alpha value is -2.75. The summed E-state index contributed by atoms with van der Waals surface area (Å²) >= 11 is 0.993. The average molecular weight is 395 g/mol. The maximum atomic E-state index is 11.8. The Morgan fingerprint density at radius 3 is 2.63 bits per heavy atom. The minimum absolute atomic E-state index is 0.0919. The Balaban J connectivity index is 2.20. The summed E-state index contributed by atoms with van der Waals surface area (Å²) in [4.78, 5) is 34.5. The first-order valence-corrected chi connectivity index (χ1v) is 9.05. The van der Waals surface area contributed by atoms with Crippen molar-refractivity contribution in [2.24, 2.45) is 7.05 Å². The maximum Gasteiger partial charge on any atom is 0.408 e. The minimum atomic E-state index is -1.26. The molecular formula is C17H21N3O6S. The van der Waals surface area contributed by atoms with Gasteiger partial charge in [0, 0.05) is 36.0 Å². The summed E-state index contributed by atoms with van der Waals surface area (Å²) in [7, 11) is 1.81. The fraction of sp³-hybridized carbons (Fsp3) is 0.412. The summed E-state index contributed by atoms with van der Waals surface area (Å²) in [6, 6.07) is 3.61. The number of nitro groups is 1. The van der Waals surface area contributed by atoms with E-state index >= 15 is 0 Å². The van der Waals surface area contributed by atoms with Crippen molar-refractivity contribution in [3.63, 3.8) is 0 Å². The fourth-order valence-electron chi connectivity index (χ4n) is 2.34. The quantitative estimate of drug-likeness (QED) is 0.437. The van der Waals surface area contributed by atoms with Gasteiger partial charge in [-0.15, -0.1) is 11.8 Å². The number of fused-ring (bicyclic) bond motifs is 1. The van der Waals surface area contributed by atoms with Crippen LogP contribution in [-0.4, -0.2) is 44.1 Å². The van der Waals surface area contributed by atoms with Gasteiger partial charge in [0.25, 0.3) is 5.69 Å². The standard InChI is InChI=1S/C17H21N3O6S/c1-17(2,3)26-16(23)18-11(15(21)22)9-27-14-8-12-10(5-6-19(12)4)7-13(14)20(24)25/h5-8,11H,9H2,1-4H3,(H,18,23)(H,21,22)/t11-/m0/s1. The topological polar surface area (TPSA) is 124 Å². The lowest BCUT2D eigenvalue weighted by molar-refractivity contribution is -0.387. The van der Waals surface area contributed by atoms with Crippen molar-refractivity contribution in [1.29, 1.82) is 0 Å². The van der Waals surface area contributed by atoms with Gasteiger partial charge in [0.2, 0.25) is 0 Å². The number of aliphatic carboxylic acids is 1. The highest BCUT2D eigenvalue weighted by molar-refractivity contribution is 7.99. The zero-order valence-electron chi connectivity index (χ0n) is 15.4. The van der Waals surface area contributed by atoms with E-state index in [-0.39, 0.29) is 11.4 Å². The number of benzene rings is 1. The third-order valence-electron chi connectivity index (χ3n) is 3.56. The van der Waals surface area contributed by atoms with Gasteiger partial charge >= 0.3 is 12.1 Å². The average Bonchev–Trinajstić information content (AvgIpc) is 2.89. The molecule has 1 amide bonds. The molecule has 1 aromatic heterocycles. The number of carbonyl (C=O) groups excluding carboxylic acids is 1. The summed E-state index contributed by atoms with van der Waals surface area (Å²) in [6.07, 6.45) is 0.926. The molecule has 0 saturated carbocycles. The van der Waals surface area contributed by atoms with Crippen molar-refractivity contribution in [2.75, 3.05) is 5.75 Å². The molecule has 2 N–H and O–H groups in total. The zero-order valence-corrected chi connectivity index (χ0v) is 16.2. The van der Waals surface area contributed by atoms with Crippen LogP contribution in [0.1, 0.15) is 20.8 Å². The van der Waals surface area contributed by atoms with E-state index in [0.717, 1.165) is 22.7 Å². The van der Waals surface area contributed by atoms with Gasteiger partial charge in [0.05, 0.1) is 9.82 Å². The molecule has 1 heterocycles. The molecule has 0 spiro atoms. The van der Waals surface area contributed by atoms with Crippen LogP contribution in [0.3, 0.4) is 0 Å². The number of rotatable bonds is 6. The summed E-state index contributed by atoms with van der Waals surface area (Å²) in [5.41, 5.74) is -0.0911. The van der Waals surface area contributed by atoms with E-state index in [1.54, 1.807) is 39.1 Å². The minimum Gasteiger partial charge on any atom is -0.480 e. The number of aromatic nitrogens is 1. The number of amides is 1. The lowest BCUT2D eigenvalue weighted by Gasteiger charge is -2.21. The van der Waals surface area contributed by atoms with Crippen LogP contribution in [0.25, 0.3) is 10.9 Å². The van der Waals surface area contributed by atoms with Crippen LogP contribution in [0.4, 0.5) is 10.5 Å². The van der Waals surface area contributed by atoms with Gasteiger partial charge in [-0.05, 0) is 32.9 Å². The van der Waals surface area contributed by atoms with Crippen LogP contribution < -0.4 is 5.32 Å². The van der Waals surface area contributed by atoms with Gasteiger partial charge in [0.1, 0.15) is 11.6 Å². The molecule has 10 heteroatoms. The normalized spacial score (nSPS) is 12.6. The fourth-order valence-corrected chi connectivity index (χ4v) is 3.39. The summed E-state index contributed by atoms with van der Waals surface area (Å²) in [5, 5.41) is 23.7. The lowest BCUT2D eigenvalue weighted by Crippen LogP contribution is -2.44. The van der Waals surface area contributed by atoms with Crippen LogP contribution >= 0.6 is 11.8 Å². The Labute approximate surface area is 159 Å². The number of hydrogen-bond donors (Lipinski definition) is 2. The van der Waals surface area contributed by atoms with E-state index in [1.807, 2.05) is 11.6 Å². The number of alkyl carbamates (subject to hydrolysis) is 1. The molecule has 0 radical (unpaired) electrons. The number of carboxylic acids is 1. The van der Waals surface area contributed by atoms with Crippen LogP contribution in [0, 0.1) is 10.1 Å². The van der Waals surface area contributed by atoms with Gasteiger partial charge in [-0.1, -0.05) is 0 Å². The lowest BCUT2D eigenvalue weighted by atomic mass is 10.2. The molecule has 0 bridgehead atoms. The Morgan fingerprint density at radius 2 is 2.07 bits per heavy atom. The second-order valence-electron chi connectivity index (χ2n) is 6.91. The van der Waals surface area contributed by atoms with Gasteiger partial charge in [0.15, 0.2) is 0 Å². The third kappa shape index (κ3) is 5.36. The maximum absolute atomic E-state index is 11.8. The number of carbonyl (C=O) groups is 2. The van der Waals surface area contributed by atoms with E-state index in [2.05, 4.69) is 5.32 Å². The van der Waals surface area contributed by atoms with Gasteiger partial charge in [-0.25, -0.2) is 9.59 Å². The van der Waals surface area contributed by atoms with E-state index in [9.17, 15) is 24.8 Å². The number of carboxylic acid groups (broad SMARTS) is 1. The molecule has 1 atom stereocenters. The van der Waals surface area contributed by atoms with Gasteiger partial charge in [-0.3, -0.25) is 10.1 Å². The molecule has 0 aliphatic carbocycles. The van der Waals surface area contributed by atoms with Crippen molar-refractivity contribution < 1.29 is 24.4 Å². The molecule has 27 heavy (non-hydrogen) atoms. The number of hydrogen-bond acceptors (Lipinski definition) is 6. The van der Waals surface area contributed by atoms with Crippen LogP contribution in [-0.2, 0) is 16.6 Å². The first kappa shape index (κ1) is 20.6. The Bertz CT molecular complexity index is 887. The molecule has 1 aromatic carbocycles.